The van der Waals surface area contributed by atoms with E-state index in [9.17, 15) is 18.8 Å². The molecule has 0 radical (unpaired) electrons. The number of carbonyl (C=O) groups is 2. The van der Waals surface area contributed by atoms with Gasteiger partial charge in [-0.15, -0.1) is 0 Å². The van der Waals surface area contributed by atoms with Crippen LogP contribution in [0.2, 0.25) is 0 Å². The molecule has 0 unspecified atom stereocenters. The van der Waals surface area contributed by atoms with E-state index in [-0.39, 0.29) is 36.1 Å². The highest BCUT2D eigenvalue weighted by molar-refractivity contribution is 5.80. The molecule has 2 aliphatic rings. The van der Waals surface area contributed by atoms with E-state index in [2.05, 4.69) is 0 Å². The van der Waals surface area contributed by atoms with Crippen molar-refractivity contribution in [3.63, 3.8) is 0 Å². The second kappa shape index (κ2) is 8.26. The number of carbonyl (C=O) groups excluding carboxylic acids is 2. The first-order chi connectivity index (χ1) is 15.5. The number of aromatic nitrogens is 1. The summed E-state index contributed by atoms with van der Waals surface area (Å²) in [5, 5.41) is 0. The number of halogens is 1. The van der Waals surface area contributed by atoms with Crippen molar-refractivity contribution >= 4 is 22.9 Å². The predicted octanol–water partition coefficient (Wildman–Crippen LogP) is 2.77. The summed E-state index contributed by atoms with van der Waals surface area (Å²) in [6.45, 7) is 1.18. The van der Waals surface area contributed by atoms with Crippen molar-refractivity contribution in [1.29, 1.82) is 0 Å². The van der Waals surface area contributed by atoms with Gasteiger partial charge in [0.15, 0.2) is 5.58 Å². The number of likely N-dealkylation sites (tertiary alicyclic amines) is 2. The van der Waals surface area contributed by atoms with E-state index in [1.54, 1.807) is 40.1 Å². The molecule has 166 valence electrons. The molecule has 0 N–H and O–H groups in total. The molecule has 8 heteroatoms. The Hall–Kier alpha value is -3.42. The van der Waals surface area contributed by atoms with Crippen molar-refractivity contribution in [2.75, 3.05) is 13.1 Å². The SMILES string of the molecule is O=C(Cn1c(=O)oc2ccccc21)N1C[C@H]2CCCC(=O)N(Cc3cccc(F)c3)[C@H]2C1. The number of para-hydroxylation sites is 2. The lowest BCUT2D eigenvalue weighted by molar-refractivity contribution is -0.135. The van der Waals surface area contributed by atoms with Gasteiger partial charge in [-0.05, 0) is 48.6 Å². The van der Waals surface area contributed by atoms with Gasteiger partial charge in [-0.2, -0.15) is 0 Å². The van der Waals surface area contributed by atoms with Crippen molar-refractivity contribution in [2.24, 2.45) is 5.92 Å². The van der Waals surface area contributed by atoms with Gasteiger partial charge in [0.1, 0.15) is 12.4 Å². The summed E-state index contributed by atoms with van der Waals surface area (Å²) in [5.74, 6) is -0.868. The van der Waals surface area contributed by atoms with Gasteiger partial charge in [-0.3, -0.25) is 14.2 Å². The fourth-order valence-corrected chi connectivity index (χ4v) is 4.97. The van der Waals surface area contributed by atoms with Crippen molar-refractivity contribution in [1.82, 2.24) is 14.4 Å². The van der Waals surface area contributed by atoms with Crippen LogP contribution in [0, 0.1) is 11.7 Å². The molecule has 2 fully saturated rings. The van der Waals surface area contributed by atoms with E-state index in [1.807, 2.05) is 6.07 Å². The molecular formula is C24H24FN3O4. The number of hydrogen-bond donors (Lipinski definition) is 0. The van der Waals surface area contributed by atoms with Crippen molar-refractivity contribution < 1.29 is 18.4 Å². The molecule has 2 saturated heterocycles. The van der Waals surface area contributed by atoms with Gasteiger partial charge in [0, 0.05) is 26.1 Å². The minimum absolute atomic E-state index is 0.0353. The Labute approximate surface area is 184 Å². The first kappa shape index (κ1) is 20.5. The number of fused-ring (bicyclic) bond motifs is 2. The largest absolute Gasteiger partial charge is 0.420 e. The number of benzene rings is 2. The standard InChI is InChI=1S/C24H24FN3O4/c25-18-7-3-5-16(11-18)12-27-20-14-26(13-17(20)6-4-10-22(27)29)23(30)15-28-19-8-1-2-9-21(19)32-24(28)31/h1-3,5,7-9,11,17,20H,4,6,10,12-15H2/t17-,20+/m1/s1. The molecule has 3 aromatic rings. The van der Waals surface area contributed by atoms with E-state index >= 15 is 0 Å². The number of rotatable bonds is 4. The Morgan fingerprint density at radius 1 is 1.09 bits per heavy atom. The van der Waals surface area contributed by atoms with Crippen molar-refractivity contribution in [3.8, 4) is 0 Å². The molecular weight excluding hydrogens is 413 g/mol. The molecule has 0 aliphatic carbocycles. The summed E-state index contributed by atoms with van der Waals surface area (Å²) < 4.78 is 20.2. The minimum Gasteiger partial charge on any atom is -0.408 e. The summed E-state index contributed by atoms with van der Waals surface area (Å²) in [6.07, 6.45) is 2.09. The maximum absolute atomic E-state index is 13.7. The Bertz CT molecular complexity index is 1230. The zero-order chi connectivity index (χ0) is 22.2. The number of amides is 2. The van der Waals surface area contributed by atoms with E-state index < -0.39 is 5.76 Å². The second-order valence-corrected chi connectivity index (χ2v) is 8.59. The Balaban J connectivity index is 1.35. The molecule has 2 amide bonds. The average Bonchev–Trinajstić information content (AvgIpc) is 3.29. The van der Waals surface area contributed by atoms with Crippen LogP contribution in [-0.4, -0.2) is 45.3 Å². The van der Waals surface area contributed by atoms with E-state index in [0.29, 0.717) is 37.2 Å². The van der Waals surface area contributed by atoms with Crippen LogP contribution in [0.15, 0.2) is 57.7 Å². The van der Waals surface area contributed by atoms with Crippen LogP contribution in [0.1, 0.15) is 24.8 Å². The molecule has 2 aliphatic heterocycles. The number of nitrogens with zero attached hydrogens (tertiary/aromatic N) is 3. The molecule has 0 bridgehead atoms. The van der Waals surface area contributed by atoms with Crippen molar-refractivity contribution in [2.45, 2.75) is 38.4 Å². The lowest BCUT2D eigenvalue weighted by atomic mass is 9.98. The van der Waals surface area contributed by atoms with Gasteiger partial charge < -0.3 is 14.2 Å². The smallest absolute Gasteiger partial charge is 0.408 e. The third kappa shape index (κ3) is 3.81. The van der Waals surface area contributed by atoms with Gasteiger partial charge in [0.05, 0.1) is 11.6 Å². The molecule has 0 saturated carbocycles. The van der Waals surface area contributed by atoms with Crippen LogP contribution in [-0.2, 0) is 22.7 Å². The zero-order valence-corrected chi connectivity index (χ0v) is 17.6. The number of oxazole rings is 1. The Morgan fingerprint density at radius 3 is 2.78 bits per heavy atom. The Morgan fingerprint density at radius 2 is 1.94 bits per heavy atom. The van der Waals surface area contributed by atoms with Gasteiger partial charge >= 0.3 is 5.76 Å². The zero-order valence-electron chi connectivity index (χ0n) is 17.6. The maximum Gasteiger partial charge on any atom is 0.420 e. The summed E-state index contributed by atoms with van der Waals surface area (Å²) in [7, 11) is 0. The molecule has 5 rings (SSSR count). The molecule has 0 spiro atoms. The van der Waals surface area contributed by atoms with E-state index in [0.717, 1.165) is 18.4 Å². The summed E-state index contributed by atoms with van der Waals surface area (Å²) >= 11 is 0. The molecule has 3 heterocycles. The molecule has 32 heavy (non-hydrogen) atoms. The highest BCUT2D eigenvalue weighted by Crippen LogP contribution is 2.32. The second-order valence-electron chi connectivity index (χ2n) is 8.59. The lowest BCUT2D eigenvalue weighted by Crippen LogP contribution is -2.43. The van der Waals surface area contributed by atoms with Gasteiger partial charge in [0.25, 0.3) is 0 Å². The lowest BCUT2D eigenvalue weighted by Gasteiger charge is -2.30. The predicted molar refractivity (Wildman–Crippen MR) is 115 cm³/mol. The summed E-state index contributed by atoms with van der Waals surface area (Å²) in [5.41, 5.74) is 1.77. The molecule has 1 aromatic heterocycles. The van der Waals surface area contributed by atoms with Gasteiger partial charge in [0.2, 0.25) is 11.8 Å². The van der Waals surface area contributed by atoms with Crippen LogP contribution in [0.5, 0.6) is 0 Å². The Kier molecular flexibility index (Phi) is 5.28. The summed E-state index contributed by atoms with van der Waals surface area (Å²) in [6, 6.07) is 13.2. The van der Waals surface area contributed by atoms with Crippen LogP contribution in [0.3, 0.4) is 0 Å². The van der Waals surface area contributed by atoms with E-state index in [4.69, 9.17) is 4.42 Å². The average molecular weight is 437 g/mol. The van der Waals surface area contributed by atoms with Crippen LogP contribution in [0.25, 0.3) is 11.1 Å². The van der Waals surface area contributed by atoms with Crippen molar-refractivity contribution in [3.05, 3.63) is 70.5 Å². The normalized spacial score (nSPS) is 21.1. The third-order valence-corrected chi connectivity index (χ3v) is 6.55. The maximum atomic E-state index is 13.7. The van der Waals surface area contributed by atoms with Crippen LogP contribution in [0.4, 0.5) is 4.39 Å². The first-order valence-electron chi connectivity index (χ1n) is 10.9. The quantitative estimate of drug-likeness (QED) is 0.629. The molecule has 7 nitrogen and oxygen atoms in total. The van der Waals surface area contributed by atoms with Crippen LogP contribution >= 0.6 is 0 Å². The fraction of sp³-hybridized carbons (Fsp3) is 0.375. The monoisotopic (exact) mass is 437 g/mol. The van der Waals surface area contributed by atoms with Crippen LogP contribution < -0.4 is 5.76 Å². The molecule has 2 atom stereocenters. The summed E-state index contributed by atoms with van der Waals surface area (Å²) in [4.78, 5) is 41.7. The molecule has 2 aromatic carbocycles. The first-order valence-corrected chi connectivity index (χ1v) is 10.9. The minimum atomic E-state index is -0.559. The van der Waals surface area contributed by atoms with E-state index in [1.165, 1.54) is 16.7 Å². The fourth-order valence-electron chi connectivity index (χ4n) is 4.97. The number of hydrogen-bond acceptors (Lipinski definition) is 4. The third-order valence-electron chi connectivity index (χ3n) is 6.55. The van der Waals surface area contributed by atoms with Gasteiger partial charge in [-0.1, -0.05) is 24.3 Å². The van der Waals surface area contributed by atoms with Gasteiger partial charge in [-0.25, -0.2) is 9.18 Å². The highest BCUT2D eigenvalue weighted by Gasteiger charge is 2.41. The highest BCUT2D eigenvalue weighted by atomic mass is 19.1. The topological polar surface area (TPSA) is 75.8 Å².